The molecular formula is C14H13FN2O. The molecule has 4 heteroatoms. The van der Waals surface area contributed by atoms with Crippen molar-refractivity contribution in [3.05, 3.63) is 59.9 Å². The Labute approximate surface area is 105 Å². The van der Waals surface area contributed by atoms with Crippen LogP contribution in [0.3, 0.4) is 0 Å². The molecule has 2 rings (SSSR count). The fourth-order valence-electron chi connectivity index (χ4n) is 1.65. The Morgan fingerprint density at radius 3 is 2.33 bits per heavy atom. The number of carbonyl (C=O) groups is 1. The van der Waals surface area contributed by atoms with Crippen LogP contribution in [0.5, 0.6) is 0 Å². The van der Waals surface area contributed by atoms with Crippen LogP contribution in [0.2, 0.25) is 0 Å². The van der Waals surface area contributed by atoms with Crippen molar-refractivity contribution in [1.82, 2.24) is 0 Å². The van der Waals surface area contributed by atoms with Gasteiger partial charge in [-0.15, -0.1) is 0 Å². The molecule has 2 N–H and O–H groups in total. The Bertz CT molecular complexity index is 566. The zero-order valence-electron chi connectivity index (χ0n) is 9.93. The molecule has 92 valence electrons. The second-order valence-electron chi connectivity index (χ2n) is 3.94. The van der Waals surface area contributed by atoms with E-state index in [1.54, 1.807) is 42.5 Å². The maximum atomic E-state index is 13.6. The summed E-state index contributed by atoms with van der Waals surface area (Å²) >= 11 is 0. The number of benzene rings is 2. The van der Waals surface area contributed by atoms with Crippen molar-refractivity contribution in [2.75, 3.05) is 17.7 Å². The van der Waals surface area contributed by atoms with Gasteiger partial charge >= 0.3 is 0 Å². The van der Waals surface area contributed by atoms with E-state index in [9.17, 15) is 9.18 Å². The van der Waals surface area contributed by atoms with Gasteiger partial charge in [-0.25, -0.2) is 4.39 Å². The van der Waals surface area contributed by atoms with Crippen molar-refractivity contribution in [2.45, 2.75) is 0 Å². The third-order valence-corrected chi connectivity index (χ3v) is 2.68. The van der Waals surface area contributed by atoms with Crippen LogP contribution >= 0.6 is 0 Å². The summed E-state index contributed by atoms with van der Waals surface area (Å²) in [6, 6.07) is 12.7. The van der Waals surface area contributed by atoms with Gasteiger partial charge in [-0.1, -0.05) is 12.1 Å². The van der Waals surface area contributed by atoms with Gasteiger partial charge in [-0.3, -0.25) is 4.79 Å². The van der Waals surface area contributed by atoms with Crippen molar-refractivity contribution < 1.29 is 9.18 Å². The number of anilines is 2. The number of halogens is 1. The molecule has 0 aliphatic heterocycles. The normalized spacial score (nSPS) is 10.1. The molecule has 0 spiro atoms. The van der Waals surface area contributed by atoms with Gasteiger partial charge in [0.15, 0.2) is 0 Å². The quantitative estimate of drug-likeness (QED) is 0.825. The van der Waals surface area contributed by atoms with Gasteiger partial charge in [0.2, 0.25) is 0 Å². The third kappa shape index (κ3) is 2.32. The van der Waals surface area contributed by atoms with Gasteiger partial charge in [0.05, 0.1) is 5.69 Å². The molecule has 0 unspecified atom stereocenters. The Morgan fingerprint density at radius 2 is 1.72 bits per heavy atom. The minimum atomic E-state index is -0.427. The molecule has 0 aromatic heterocycles. The SMILES string of the molecule is CN(C(=O)c1ccc(N)cc1)c1ccccc1F. The van der Waals surface area contributed by atoms with Gasteiger partial charge in [-0.05, 0) is 36.4 Å². The lowest BCUT2D eigenvalue weighted by Gasteiger charge is -2.18. The maximum Gasteiger partial charge on any atom is 0.258 e. The Balaban J connectivity index is 2.29. The number of hydrogen-bond donors (Lipinski definition) is 1. The number of para-hydroxylation sites is 1. The Morgan fingerprint density at radius 1 is 1.11 bits per heavy atom. The third-order valence-electron chi connectivity index (χ3n) is 2.68. The number of carbonyl (C=O) groups excluding carboxylic acids is 1. The Kier molecular flexibility index (Phi) is 3.28. The summed E-state index contributed by atoms with van der Waals surface area (Å²) in [5.41, 5.74) is 6.85. The predicted molar refractivity (Wildman–Crippen MR) is 70.0 cm³/mol. The average molecular weight is 244 g/mol. The van der Waals surface area contributed by atoms with Gasteiger partial charge < -0.3 is 10.6 Å². The van der Waals surface area contributed by atoms with Crippen molar-refractivity contribution in [3.63, 3.8) is 0 Å². The van der Waals surface area contributed by atoms with Crippen LogP contribution in [-0.2, 0) is 0 Å². The van der Waals surface area contributed by atoms with E-state index in [1.807, 2.05) is 0 Å². The molecule has 0 heterocycles. The highest BCUT2D eigenvalue weighted by atomic mass is 19.1. The highest BCUT2D eigenvalue weighted by molar-refractivity contribution is 6.05. The van der Waals surface area contributed by atoms with Crippen LogP contribution in [-0.4, -0.2) is 13.0 Å². The second kappa shape index (κ2) is 4.87. The summed E-state index contributed by atoms with van der Waals surface area (Å²) in [4.78, 5) is 13.4. The molecule has 18 heavy (non-hydrogen) atoms. The molecule has 2 aromatic rings. The first-order chi connectivity index (χ1) is 8.59. The van der Waals surface area contributed by atoms with Crippen molar-refractivity contribution in [3.8, 4) is 0 Å². The number of amides is 1. The first-order valence-corrected chi connectivity index (χ1v) is 5.47. The van der Waals surface area contributed by atoms with Gasteiger partial charge in [0, 0.05) is 18.3 Å². The average Bonchev–Trinajstić information content (AvgIpc) is 2.38. The molecule has 1 amide bonds. The van der Waals surface area contributed by atoms with Gasteiger partial charge in [-0.2, -0.15) is 0 Å². The predicted octanol–water partition coefficient (Wildman–Crippen LogP) is 2.68. The fourth-order valence-corrected chi connectivity index (χ4v) is 1.65. The zero-order chi connectivity index (χ0) is 13.1. The molecule has 0 atom stereocenters. The number of hydrogen-bond acceptors (Lipinski definition) is 2. The summed E-state index contributed by atoms with van der Waals surface area (Å²) in [7, 11) is 1.54. The second-order valence-corrected chi connectivity index (χ2v) is 3.94. The largest absolute Gasteiger partial charge is 0.399 e. The summed E-state index contributed by atoms with van der Waals surface area (Å²) in [5.74, 6) is -0.705. The zero-order valence-corrected chi connectivity index (χ0v) is 9.93. The van der Waals surface area contributed by atoms with Crippen molar-refractivity contribution in [2.24, 2.45) is 0 Å². The van der Waals surface area contributed by atoms with Crippen LogP contribution in [0.1, 0.15) is 10.4 Å². The lowest BCUT2D eigenvalue weighted by molar-refractivity contribution is 0.0992. The molecular weight excluding hydrogens is 231 g/mol. The smallest absolute Gasteiger partial charge is 0.258 e. The van der Waals surface area contributed by atoms with E-state index in [4.69, 9.17) is 5.73 Å². The number of rotatable bonds is 2. The molecule has 0 aliphatic rings. The molecule has 0 saturated heterocycles. The summed E-state index contributed by atoms with van der Waals surface area (Å²) < 4.78 is 13.6. The molecule has 3 nitrogen and oxygen atoms in total. The van der Waals surface area contributed by atoms with E-state index in [0.29, 0.717) is 11.3 Å². The van der Waals surface area contributed by atoms with Crippen LogP contribution in [0.15, 0.2) is 48.5 Å². The molecule has 0 aliphatic carbocycles. The first-order valence-electron chi connectivity index (χ1n) is 5.47. The number of nitrogen functional groups attached to an aromatic ring is 1. The maximum absolute atomic E-state index is 13.6. The molecule has 0 radical (unpaired) electrons. The summed E-state index contributed by atoms with van der Waals surface area (Å²) in [6.45, 7) is 0. The number of nitrogens with two attached hydrogens (primary N) is 1. The van der Waals surface area contributed by atoms with E-state index in [1.165, 1.54) is 18.0 Å². The minimum absolute atomic E-state index is 0.249. The minimum Gasteiger partial charge on any atom is -0.399 e. The lowest BCUT2D eigenvalue weighted by atomic mass is 10.1. The fraction of sp³-hybridized carbons (Fsp3) is 0.0714. The lowest BCUT2D eigenvalue weighted by Crippen LogP contribution is -2.27. The topological polar surface area (TPSA) is 46.3 Å². The van der Waals surface area contributed by atoms with E-state index in [0.717, 1.165) is 0 Å². The summed E-state index contributed by atoms with van der Waals surface area (Å²) in [5, 5.41) is 0. The van der Waals surface area contributed by atoms with Crippen molar-refractivity contribution in [1.29, 1.82) is 0 Å². The first kappa shape index (κ1) is 12.1. The van der Waals surface area contributed by atoms with E-state index >= 15 is 0 Å². The Hall–Kier alpha value is -2.36. The monoisotopic (exact) mass is 244 g/mol. The highest BCUT2D eigenvalue weighted by Gasteiger charge is 2.15. The van der Waals surface area contributed by atoms with E-state index in [2.05, 4.69) is 0 Å². The highest BCUT2D eigenvalue weighted by Crippen LogP contribution is 2.19. The molecule has 0 fully saturated rings. The standard InChI is InChI=1S/C14H13FN2O/c1-17(13-5-3-2-4-12(13)15)14(18)10-6-8-11(16)9-7-10/h2-9H,16H2,1H3. The van der Waals surface area contributed by atoms with E-state index < -0.39 is 5.82 Å². The molecule has 0 bridgehead atoms. The molecule has 0 saturated carbocycles. The van der Waals surface area contributed by atoms with Crippen LogP contribution in [0.25, 0.3) is 0 Å². The van der Waals surface area contributed by atoms with Crippen LogP contribution < -0.4 is 10.6 Å². The van der Waals surface area contributed by atoms with Crippen molar-refractivity contribution >= 4 is 17.3 Å². The van der Waals surface area contributed by atoms with Crippen LogP contribution in [0, 0.1) is 5.82 Å². The van der Waals surface area contributed by atoms with E-state index in [-0.39, 0.29) is 11.6 Å². The summed E-state index contributed by atoms with van der Waals surface area (Å²) in [6.07, 6.45) is 0. The van der Waals surface area contributed by atoms with Gasteiger partial charge in [0.1, 0.15) is 5.82 Å². The molecule has 2 aromatic carbocycles. The van der Waals surface area contributed by atoms with Crippen LogP contribution in [0.4, 0.5) is 15.8 Å². The number of nitrogens with zero attached hydrogens (tertiary/aromatic N) is 1. The van der Waals surface area contributed by atoms with Gasteiger partial charge in [0.25, 0.3) is 5.91 Å².